The van der Waals surface area contributed by atoms with Gasteiger partial charge < -0.3 is 29.9 Å². The van der Waals surface area contributed by atoms with Crippen molar-refractivity contribution in [1.29, 1.82) is 0 Å². The standard InChI is InChI=1S/C14H20O6/c1-2-8-4-3-5-9(6-8)19-14-13(18)12(17)11(16)10(7-15)20-14/h3-6,10-18H,2,7H2,1H3. The van der Waals surface area contributed by atoms with Crippen LogP contribution in [0.5, 0.6) is 5.75 Å². The molecule has 6 nitrogen and oxygen atoms in total. The molecule has 1 aromatic rings. The number of rotatable bonds is 4. The van der Waals surface area contributed by atoms with Gasteiger partial charge in [-0.3, -0.25) is 0 Å². The smallest absolute Gasteiger partial charge is 0.229 e. The second-order valence-electron chi connectivity index (χ2n) is 4.82. The highest BCUT2D eigenvalue weighted by molar-refractivity contribution is 5.28. The van der Waals surface area contributed by atoms with Crippen molar-refractivity contribution in [3.8, 4) is 5.75 Å². The van der Waals surface area contributed by atoms with Crippen molar-refractivity contribution < 1.29 is 29.9 Å². The van der Waals surface area contributed by atoms with E-state index in [9.17, 15) is 15.3 Å². The van der Waals surface area contributed by atoms with Gasteiger partial charge in [-0.25, -0.2) is 0 Å². The summed E-state index contributed by atoms with van der Waals surface area (Å²) < 4.78 is 10.8. The van der Waals surface area contributed by atoms with E-state index in [0.29, 0.717) is 5.75 Å². The van der Waals surface area contributed by atoms with Crippen molar-refractivity contribution in [2.75, 3.05) is 6.61 Å². The number of benzene rings is 1. The molecule has 0 bridgehead atoms. The molecule has 2 rings (SSSR count). The summed E-state index contributed by atoms with van der Waals surface area (Å²) in [7, 11) is 0. The Labute approximate surface area is 117 Å². The third-order valence-corrected chi connectivity index (χ3v) is 3.41. The summed E-state index contributed by atoms with van der Waals surface area (Å²) >= 11 is 0. The summed E-state index contributed by atoms with van der Waals surface area (Å²) in [5.41, 5.74) is 1.06. The molecule has 1 saturated heterocycles. The average molecular weight is 284 g/mol. The Kier molecular flexibility index (Phi) is 4.95. The van der Waals surface area contributed by atoms with Crippen molar-refractivity contribution in [2.45, 2.75) is 44.1 Å². The van der Waals surface area contributed by atoms with Gasteiger partial charge in [-0.2, -0.15) is 0 Å². The van der Waals surface area contributed by atoms with Crippen LogP contribution in [-0.2, 0) is 11.2 Å². The molecule has 6 heteroatoms. The van der Waals surface area contributed by atoms with Gasteiger partial charge in [-0.1, -0.05) is 19.1 Å². The highest BCUT2D eigenvalue weighted by Gasteiger charge is 2.44. The molecule has 1 fully saturated rings. The highest BCUT2D eigenvalue weighted by atomic mass is 16.7. The molecule has 0 radical (unpaired) electrons. The zero-order chi connectivity index (χ0) is 14.7. The maximum atomic E-state index is 9.87. The van der Waals surface area contributed by atoms with Crippen LogP contribution in [0, 0.1) is 0 Å². The van der Waals surface area contributed by atoms with E-state index in [1.54, 1.807) is 12.1 Å². The third-order valence-electron chi connectivity index (χ3n) is 3.41. The van der Waals surface area contributed by atoms with E-state index >= 15 is 0 Å². The maximum absolute atomic E-state index is 9.87. The monoisotopic (exact) mass is 284 g/mol. The lowest BCUT2D eigenvalue weighted by atomic mass is 9.99. The van der Waals surface area contributed by atoms with Crippen molar-refractivity contribution >= 4 is 0 Å². The highest BCUT2D eigenvalue weighted by Crippen LogP contribution is 2.24. The molecule has 0 spiro atoms. The molecule has 1 aliphatic rings. The van der Waals surface area contributed by atoms with Crippen LogP contribution in [-0.4, -0.2) is 57.7 Å². The molecule has 1 aromatic carbocycles. The first-order chi connectivity index (χ1) is 9.56. The van der Waals surface area contributed by atoms with Crippen LogP contribution in [0.1, 0.15) is 12.5 Å². The zero-order valence-electron chi connectivity index (χ0n) is 11.2. The third kappa shape index (κ3) is 3.11. The van der Waals surface area contributed by atoms with Gasteiger partial charge in [0.2, 0.25) is 6.29 Å². The number of aryl methyl sites for hydroxylation is 1. The van der Waals surface area contributed by atoms with E-state index < -0.39 is 37.3 Å². The van der Waals surface area contributed by atoms with Gasteiger partial charge in [0, 0.05) is 0 Å². The molecule has 0 amide bonds. The lowest BCUT2D eigenvalue weighted by Crippen LogP contribution is -2.60. The van der Waals surface area contributed by atoms with E-state index in [0.717, 1.165) is 12.0 Å². The normalized spacial score (nSPS) is 34.0. The summed E-state index contributed by atoms with van der Waals surface area (Å²) in [6.45, 7) is 1.53. The lowest BCUT2D eigenvalue weighted by molar-refractivity contribution is -0.277. The molecule has 20 heavy (non-hydrogen) atoms. The van der Waals surface area contributed by atoms with Crippen LogP contribution in [0.25, 0.3) is 0 Å². The summed E-state index contributed by atoms with van der Waals surface area (Å²) in [4.78, 5) is 0. The van der Waals surface area contributed by atoms with Crippen molar-refractivity contribution in [2.24, 2.45) is 0 Å². The molecule has 5 unspecified atom stereocenters. The molecule has 1 aliphatic heterocycles. The first-order valence-corrected chi connectivity index (χ1v) is 6.63. The minimum Gasteiger partial charge on any atom is -0.462 e. The van der Waals surface area contributed by atoms with Crippen molar-refractivity contribution in [1.82, 2.24) is 0 Å². The predicted molar refractivity (Wildman–Crippen MR) is 70.2 cm³/mol. The van der Waals surface area contributed by atoms with Crippen LogP contribution in [0.4, 0.5) is 0 Å². The van der Waals surface area contributed by atoms with Gasteiger partial charge in [0.25, 0.3) is 0 Å². The number of aliphatic hydroxyl groups is 4. The SMILES string of the molecule is CCc1cccc(OC2OC(CO)C(O)C(O)C2O)c1. The van der Waals surface area contributed by atoms with Gasteiger partial charge >= 0.3 is 0 Å². The molecule has 1 heterocycles. The number of aliphatic hydroxyl groups excluding tert-OH is 4. The quantitative estimate of drug-likeness (QED) is 0.591. The number of ether oxygens (including phenoxy) is 2. The Bertz CT molecular complexity index is 435. The van der Waals surface area contributed by atoms with Crippen molar-refractivity contribution in [3.63, 3.8) is 0 Å². The van der Waals surface area contributed by atoms with Crippen molar-refractivity contribution in [3.05, 3.63) is 29.8 Å². The molecule has 0 saturated carbocycles. The van der Waals surface area contributed by atoms with E-state index in [1.165, 1.54) is 0 Å². The largest absolute Gasteiger partial charge is 0.462 e. The lowest BCUT2D eigenvalue weighted by Gasteiger charge is -2.39. The summed E-state index contributed by atoms with van der Waals surface area (Å²) in [6, 6.07) is 7.28. The number of hydrogen-bond donors (Lipinski definition) is 4. The molecular formula is C14H20O6. The Hall–Kier alpha value is -1.18. The second-order valence-corrected chi connectivity index (χ2v) is 4.82. The minimum absolute atomic E-state index is 0.472. The van der Waals surface area contributed by atoms with E-state index in [1.807, 2.05) is 19.1 Å². The van der Waals surface area contributed by atoms with Gasteiger partial charge in [0.05, 0.1) is 6.61 Å². The maximum Gasteiger partial charge on any atom is 0.229 e. The number of hydrogen-bond acceptors (Lipinski definition) is 6. The Morgan fingerprint density at radius 3 is 2.55 bits per heavy atom. The summed E-state index contributed by atoms with van der Waals surface area (Å²) in [5.74, 6) is 0.494. The van der Waals surface area contributed by atoms with Gasteiger partial charge in [0.1, 0.15) is 30.2 Å². The minimum atomic E-state index is -1.43. The van der Waals surface area contributed by atoms with Crippen LogP contribution in [0.3, 0.4) is 0 Å². The molecule has 5 atom stereocenters. The fraction of sp³-hybridized carbons (Fsp3) is 0.571. The average Bonchev–Trinajstić information content (AvgIpc) is 2.48. The van der Waals surface area contributed by atoms with Crippen LogP contribution in [0.2, 0.25) is 0 Å². The topological polar surface area (TPSA) is 99.4 Å². The molecular weight excluding hydrogens is 264 g/mol. The van der Waals surface area contributed by atoms with E-state index in [2.05, 4.69) is 0 Å². The zero-order valence-corrected chi connectivity index (χ0v) is 11.2. The predicted octanol–water partition coefficient (Wildman–Crippen LogP) is -0.572. The van der Waals surface area contributed by atoms with Gasteiger partial charge in [0.15, 0.2) is 0 Å². The summed E-state index contributed by atoms with van der Waals surface area (Å²) in [6.07, 6.45) is -5.47. The first-order valence-electron chi connectivity index (χ1n) is 6.63. The van der Waals surface area contributed by atoms with E-state index in [4.69, 9.17) is 14.6 Å². The van der Waals surface area contributed by atoms with Crippen LogP contribution < -0.4 is 4.74 Å². The fourth-order valence-corrected chi connectivity index (χ4v) is 2.14. The molecule has 0 aliphatic carbocycles. The molecule has 112 valence electrons. The van der Waals surface area contributed by atoms with Crippen LogP contribution >= 0.6 is 0 Å². The van der Waals surface area contributed by atoms with E-state index in [-0.39, 0.29) is 0 Å². The first kappa shape index (κ1) is 15.2. The van der Waals surface area contributed by atoms with Crippen LogP contribution in [0.15, 0.2) is 24.3 Å². The Morgan fingerprint density at radius 1 is 1.15 bits per heavy atom. The molecule has 4 N–H and O–H groups in total. The second kappa shape index (κ2) is 6.51. The Balaban J connectivity index is 2.10. The fourth-order valence-electron chi connectivity index (χ4n) is 2.14. The summed E-state index contributed by atoms with van der Waals surface area (Å²) in [5, 5.41) is 38.3. The Morgan fingerprint density at radius 2 is 1.90 bits per heavy atom. The molecule has 0 aromatic heterocycles. The van der Waals surface area contributed by atoms with Gasteiger partial charge in [-0.15, -0.1) is 0 Å². The van der Waals surface area contributed by atoms with Gasteiger partial charge in [-0.05, 0) is 24.1 Å².